The third kappa shape index (κ3) is 10.2. The van der Waals surface area contributed by atoms with Crippen molar-refractivity contribution < 1.29 is 29.6 Å². The maximum absolute atomic E-state index is 10.6. The molecular weight excluding hydrogens is 506 g/mol. The summed E-state index contributed by atoms with van der Waals surface area (Å²) in [7, 11) is 0. The van der Waals surface area contributed by atoms with Crippen LogP contribution in [0.3, 0.4) is 0 Å². The van der Waals surface area contributed by atoms with Crippen LogP contribution in [0.25, 0.3) is 10.8 Å². The Morgan fingerprint density at radius 3 is 2.20 bits per heavy atom. The smallest absolute Gasteiger partial charge is 0.328 e. The Morgan fingerprint density at radius 1 is 0.950 bits per heavy atom. The summed E-state index contributed by atoms with van der Waals surface area (Å²) >= 11 is 0. The number of fused-ring (bicyclic) bond motifs is 1. The minimum absolute atomic E-state index is 0.0922. The zero-order valence-electron chi connectivity index (χ0n) is 23.8. The summed E-state index contributed by atoms with van der Waals surface area (Å²) in [5.74, 6) is -1.93. The number of aliphatic carboxylic acids is 2. The fourth-order valence-electron chi connectivity index (χ4n) is 4.58. The van der Waals surface area contributed by atoms with E-state index in [-0.39, 0.29) is 11.6 Å². The van der Waals surface area contributed by atoms with Crippen molar-refractivity contribution in [1.29, 1.82) is 0 Å². The number of nitrogens with one attached hydrogen (secondary N) is 1. The van der Waals surface area contributed by atoms with Crippen LogP contribution in [-0.2, 0) is 20.7 Å². The van der Waals surface area contributed by atoms with Crippen LogP contribution in [0.5, 0.6) is 0 Å². The van der Waals surface area contributed by atoms with Gasteiger partial charge in [-0.3, -0.25) is 0 Å². The van der Waals surface area contributed by atoms with E-state index >= 15 is 0 Å². The molecule has 1 fully saturated rings. The third-order valence-corrected chi connectivity index (χ3v) is 7.02. The molecule has 7 nitrogen and oxygen atoms in total. The van der Waals surface area contributed by atoms with Gasteiger partial charge in [0.2, 0.25) is 0 Å². The number of aryl methyl sites for hydroxylation is 2. The summed E-state index contributed by atoms with van der Waals surface area (Å²) in [5.41, 5.74) is 5.03. The normalized spacial score (nSPS) is 14.9. The zero-order chi connectivity index (χ0) is 29.3. The molecule has 2 atom stereocenters. The number of benzene rings is 3. The molecule has 3 aromatic rings. The highest BCUT2D eigenvalue weighted by Crippen LogP contribution is 2.43. The number of ether oxygens (including phenoxy) is 1. The first-order valence-electron chi connectivity index (χ1n) is 13.7. The topological polar surface area (TPSA) is 116 Å². The molecule has 0 saturated heterocycles. The van der Waals surface area contributed by atoms with E-state index in [1.807, 2.05) is 0 Å². The lowest BCUT2D eigenvalue weighted by molar-refractivity contribution is -0.134. The van der Waals surface area contributed by atoms with Gasteiger partial charge in [0.25, 0.3) is 0 Å². The molecule has 1 saturated carbocycles. The molecule has 4 rings (SSSR count). The van der Waals surface area contributed by atoms with Crippen LogP contribution in [-0.4, -0.2) is 52.1 Å². The van der Waals surface area contributed by atoms with E-state index in [0.717, 1.165) is 6.42 Å². The van der Waals surface area contributed by atoms with Crippen molar-refractivity contribution in [2.24, 2.45) is 5.92 Å². The van der Waals surface area contributed by atoms with Crippen LogP contribution in [0.4, 0.5) is 0 Å². The fraction of sp³-hybridized carbons (Fsp3) is 0.394. The van der Waals surface area contributed by atoms with Crippen molar-refractivity contribution in [1.82, 2.24) is 5.32 Å². The maximum atomic E-state index is 10.6. The second kappa shape index (κ2) is 14.2. The molecule has 0 heterocycles. The van der Waals surface area contributed by atoms with Gasteiger partial charge in [-0.2, -0.15) is 0 Å². The molecule has 0 bridgehead atoms. The van der Waals surface area contributed by atoms with Gasteiger partial charge in [0.15, 0.2) is 0 Å². The molecule has 214 valence electrons. The predicted molar refractivity (Wildman–Crippen MR) is 157 cm³/mol. The van der Waals surface area contributed by atoms with Gasteiger partial charge in [-0.25, -0.2) is 9.59 Å². The molecule has 1 aliphatic rings. The fourth-order valence-corrected chi connectivity index (χ4v) is 4.58. The van der Waals surface area contributed by atoms with Crippen LogP contribution >= 0.6 is 0 Å². The Balaban J connectivity index is 0.000000482. The van der Waals surface area contributed by atoms with Crippen LogP contribution in [0.2, 0.25) is 0 Å². The van der Waals surface area contributed by atoms with Crippen LogP contribution in [0.15, 0.2) is 72.8 Å². The maximum Gasteiger partial charge on any atom is 0.328 e. The number of carbonyl (C=O) groups is 2. The number of β-amino-alcohol motifs (C(OH)–C–C–N with tert-alkyl or cyclic N) is 1. The van der Waals surface area contributed by atoms with E-state index in [4.69, 9.17) is 14.9 Å². The minimum atomic E-state index is -1.26. The van der Waals surface area contributed by atoms with Crippen molar-refractivity contribution in [3.63, 3.8) is 0 Å². The van der Waals surface area contributed by atoms with Gasteiger partial charge in [-0.1, -0.05) is 60.7 Å². The number of carboxylic acid groups (broad SMARTS) is 2. The van der Waals surface area contributed by atoms with E-state index in [9.17, 15) is 14.7 Å². The van der Waals surface area contributed by atoms with E-state index in [2.05, 4.69) is 93.7 Å². The monoisotopic (exact) mass is 547 g/mol. The molecule has 0 aliphatic heterocycles. The van der Waals surface area contributed by atoms with Crippen LogP contribution < -0.4 is 5.32 Å². The van der Waals surface area contributed by atoms with E-state index in [1.165, 1.54) is 45.9 Å². The molecule has 0 aromatic heterocycles. The summed E-state index contributed by atoms with van der Waals surface area (Å²) < 4.78 is 6.25. The molecule has 40 heavy (non-hydrogen) atoms. The molecule has 0 amide bonds. The summed E-state index contributed by atoms with van der Waals surface area (Å²) in [6.45, 7) is 9.55. The second-order valence-electron chi connectivity index (χ2n) is 11.2. The molecule has 7 heteroatoms. The van der Waals surface area contributed by atoms with Crippen molar-refractivity contribution >= 4 is 22.7 Å². The quantitative estimate of drug-likeness (QED) is 0.218. The highest BCUT2D eigenvalue weighted by molar-refractivity contribution is 5.89. The average Bonchev–Trinajstić information content (AvgIpc) is 3.74. The lowest BCUT2D eigenvalue weighted by atomic mass is 9.93. The summed E-state index contributed by atoms with van der Waals surface area (Å²) in [6, 6.07) is 21.7. The van der Waals surface area contributed by atoms with E-state index in [1.54, 1.807) is 0 Å². The van der Waals surface area contributed by atoms with Crippen molar-refractivity contribution in [2.75, 3.05) is 13.2 Å². The van der Waals surface area contributed by atoms with E-state index in [0.29, 0.717) is 31.2 Å². The van der Waals surface area contributed by atoms with Gasteiger partial charge < -0.3 is 25.4 Å². The number of aliphatic hydroxyl groups excluding tert-OH is 1. The van der Waals surface area contributed by atoms with Crippen molar-refractivity contribution in [3.05, 3.63) is 95.1 Å². The SMILES string of the molecule is Cc1ccc(C(OC[C@H](O)CNC(C)(C)Cc2ccc3ccccc3c2)C2CC2)cc1C.O=C(O)/C=C/C(=O)O. The Labute approximate surface area is 236 Å². The Kier molecular flexibility index (Phi) is 11.0. The first kappa shape index (κ1) is 31.0. The number of hydrogen-bond acceptors (Lipinski definition) is 5. The minimum Gasteiger partial charge on any atom is -0.478 e. The van der Waals surface area contributed by atoms with Crippen LogP contribution in [0.1, 0.15) is 55.0 Å². The number of carboxylic acids is 2. The van der Waals surface area contributed by atoms with Gasteiger partial charge in [0.05, 0.1) is 18.8 Å². The number of hydrogen-bond donors (Lipinski definition) is 4. The molecule has 1 aliphatic carbocycles. The van der Waals surface area contributed by atoms with Gasteiger partial charge in [-0.05, 0) is 85.9 Å². The first-order chi connectivity index (χ1) is 18.9. The predicted octanol–water partition coefficient (Wildman–Crippen LogP) is 5.61. The van der Waals surface area contributed by atoms with Gasteiger partial charge >= 0.3 is 11.9 Å². The summed E-state index contributed by atoms with van der Waals surface area (Å²) in [4.78, 5) is 19.1. The lowest BCUT2D eigenvalue weighted by Crippen LogP contribution is -2.46. The molecule has 0 spiro atoms. The number of rotatable bonds is 12. The summed E-state index contributed by atoms with van der Waals surface area (Å²) in [5, 5.41) is 32.3. The standard InChI is InChI=1S/C29H37NO2.C4H4O4/c1-20-9-11-26(15-21(20)2)28(24-13-14-24)32-19-27(31)18-30-29(3,4)17-22-10-12-23-7-5-6-8-25(23)16-22;5-3(6)1-2-4(7)8/h5-12,15-16,24,27-28,30-31H,13-14,17-19H2,1-4H3;1-2H,(H,5,6)(H,7,8)/b;2-1+/t27-,28?;/m1./s1. The van der Waals surface area contributed by atoms with Crippen molar-refractivity contribution in [3.8, 4) is 0 Å². The molecule has 0 radical (unpaired) electrons. The zero-order valence-corrected chi connectivity index (χ0v) is 23.8. The van der Waals surface area contributed by atoms with Crippen LogP contribution in [0, 0.1) is 19.8 Å². The lowest BCUT2D eigenvalue weighted by Gasteiger charge is -2.29. The van der Waals surface area contributed by atoms with E-state index < -0.39 is 18.0 Å². The molecule has 4 N–H and O–H groups in total. The third-order valence-electron chi connectivity index (χ3n) is 7.02. The van der Waals surface area contributed by atoms with Gasteiger partial charge in [0, 0.05) is 24.2 Å². The Bertz CT molecular complexity index is 1310. The van der Waals surface area contributed by atoms with Gasteiger partial charge in [0.1, 0.15) is 0 Å². The molecule has 1 unspecified atom stereocenters. The number of aliphatic hydroxyl groups is 1. The van der Waals surface area contributed by atoms with Gasteiger partial charge in [-0.15, -0.1) is 0 Å². The molecule has 3 aromatic carbocycles. The highest BCUT2D eigenvalue weighted by Gasteiger charge is 2.33. The molecular formula is C33H41NO6. The van der Waals surface area contributed by atoms with Crippen molar-refractivity contribution in [2.45, 2.75) is 64.7 Å². The largest absolute Gasteiger partial charge is 0.478 e. The highest BCUT2D eigenvalue weighted by atomic mass is 16.5. The first-order valence-corrected chi connectivity index (χ1v) is 13.7. The summed E-state index contributed by atoms with van der Waals surface area (Å²) in [6.07, 6.45) is 4.01. The Morgan fingerprint density at radius 2 is 1.60 bits per heavy atom. The average molecular weight is 548 g/mol. The second-order valence-corrected chi connectivity index (χ2v) is 11.2. The Hall–Kier alpha value is -3.52.